The lowest BCUT2D eigenvalue weighted by Crippen LogP contribution is -2.52. The van der Waals surface area contributed by atoms with Crippen molar-refractivity contribution in [2.75, 3.05) is 6.61 Å². The standard InChI is InChI=1S/C12H25NO2/c1-6-12(7-2,8-3)10(15)13-11(4,5)9-14/h14H,6-9H2,1-5H3,(H,13,15). The van der Waals surface area contributed by atoms with Crippen molar-refractivity contribution in [3.05, 3.63) is 0 Å². The number of nitrogens with one attached hydrogen (secondary N) is 1. The summed E-state index contributed by atoms with van der Waals surface area (Å²) in [6.07, 6.45) is 2.52. The molecule has 2 N–H and O–H groups in total. The van der Waals surface area contributed by atoms with E-state index in [2.05, 4.69) is 5.32 Å². The molecule has 3 heteroatoms. The van der Waals surface area contributed by atoms with Gasteiger partial charge in [-0.05, 0) is 33.1 Å². The third-order valence-corrected chi connectivity index (χ3v) is 3.36. The van der Waals surface area contributed by atoms with E-state index in [0.29, 0.717) is 0 Å². The number of carbonyl (C=O) groups excluding carboxylic acids is 1. The highest BCUT2D eigenvalue weighted by Gasteiger charge is 2.35. The van der Waals surface area contributed by atoms with Gasteiger partial charge >= 0.3 is 0 Å². The highest BCUT2D eigenvalue weighted by Crippen LogP contribution is 2.31. The van der Waals surface area contributed by atoms with Gasteiger partial charge in [0, 0.05) is 5.41 Å². The second-order valence-corrected chi connectivity index (χ2v) is 4.84. The van der Waals surface area contributed by atoms with E-state index in [4.69, 9.17) is 5.11 Å². The topological polar surface area (TPSA) is 49.3 Å². The summed E-state index contributed by atoms with van der Waals surface area (Å²) in [7, 11) is 0. The molecule has 0 saturated heterocycles. The van der Waals surface area contributed by atoms with Gasteiger partial charge in [-0.15, -0.1) is 0 Å². The van der Waals surface area contributed by atoms with Crippen molar-refractivity contribution >= 4 is 5.91 Å². The van der Waals surface area contributed by atoms with Gasteiger partial charge < -0.3 is 10.4 Å². The summed E-state index contributed by atoms with van der Waals surface area (Å²) < 4.78 is 0. The van der Waals surface area contributed by atoms with Gasteiger partial charge in [-0.3, -0.25) is 4.79 Å². The summed E-state index contributed by atoms with van der Waals surface area (Å²) in [5.74, 6) is 0.0639. The minimum Gasteiger partial charge on any atom is -0.394 e. The summed E-state index contributed by atoms with van der Waals surface area (Å²) in [5.41, 5.74) is -0.797. The predicted octanol–water partition coefficient (Wildman–Crippen LogP) is 2.09. The molecule has 0 saturated carbocycles. The Hall–Kier alpha value is -0.570. The number of amides is 1. The predicted molar refractivity (Wildman–Crippen MR) is 62.6 cm³/mol. The van der Waals surface area contributed by atoms with Crippen LogP contribution in [0.15, 0.2) is 0 Å². The van der Waals surface area contributed by atoms with Gasteiger partial charge in [0.15, 0.2) is 0 Å². The molecule has 0 unspecified atom stereocenters. The molecule has 15 heavy (non-hydrogen) atoms. The van der Waals surface area contributed by atoms with Crippen molar-refractivity contribution in [1.82, 2.24) is 5.32 Å². The Morgan fingerprint density at radius 3 is 1.80 bits per heavy atom. The fraction of sp³-hybridized carbons (Fsp3) is 0.917. The molecular formula is C12H25NO2. The lowest BCUT2D eigenvalue weighted by atomic mass is 9.78. The molecule has 3 nitrogen and oxygen atoms in total. The minimum absolute atomic E-state index is 0.0358. The molecule has 0 aromatic carbocycles. The largest absolute Gasteiger partial charge is 0.394 e. The number of hydrogen-bond acceptors (Lipinski definition) is 2. The molecule has 0 aliphatic rings. The first-order valence-corrected chi connectivity index (χ1v) is 5.81. The van der Waals surface area contributed by atoms with Crippen LogP contribution in [-0.4, -0.2) is 23.2 Å². The molecule has 0 rings (SSSR count). The normalized spacial score (nSPS) is 12.7. The number of carbonyl (C=O) groups is 1. The summed E-state index contributed by atoms with van der Waals surface area (Å²) in [5, 5.41) is 12.0. The van der Waals surface area contributed by atoms with E-state index >= 15 is 0 Å². The molecule has 0 aliphatic heterocycles. The molecule has 90 valence electrons. The minimum atomic E-state index is -0.526. The van der Waals surface area contributed by atoms with Crippen LogP contribution in [-0.2, 0) is 4.79 Å². The number of rotatable bonds is 6. The van der Waals surface area contributed by atoms with E-state index in [0.717, 1.165) is 19.3 Å². The zero-order valence-corrected chi connectivity index (χ0v) is 10.7. The second-order valence-electron chi connectivity index (χ2n) is 4.84. The maximum absolute atomic E-state index is 12.1. The van der Waals surface area contributed by atoms with Crippen LogP contribution >= 0.6 is 0 Å². The summed E-state index contributed by atoms with van der Waals surface area (Å²) in [6, 6.07) is 0. The Bertz CT molecular complexity index is 199. The van der Waals surface area contributed by atoms with Gasteiger partial charge in [0.25, 0.3) is 0 Å². The smallest absolute Gasteiger partial charge is 0.226 e. The first-order valence-electron chi connectivity index (χ1n) is 5.81. The molecule has 0 atom stereocenters. The molecule has 0 heterocycles. The SMILES string of the molecule is CCC(CC)(CC)C(=O)NC(C)(C)CO. The summed E-state index contributed by atoms with van der Waals surface area (Å²) >= 11 is 0. The van der Waals surface area contributed by atoms with Crippen molar-refractivity contribution < 1.29 is 9.90 Å². The van der Waals surface area contributed by atoms with Gasteiger partial charge in [0.1, 0.15) is 0 Å². The first-order chi connectivity index (χ1) is 6.87. The average Bonchev–Trinajstić information content (AvgIpc) is 2.21. The van der Waals surface area contributed by atoms with E-state index in [-0.39, 0.29) is 17.9 Å². The second kappa shape index (κ2) is 5.50. The van der Waals surface area contributed by atoms with Gasteiger partial charge in [-0.2, -0.15) is 0 Å². The summed E-state index contributed by atoms with van der Waals surface area (Å²) in [4.78, 5) is 12.1. The Morgan fingerprint density at radius 1 is 1.13 bits per heavy atom. The van der Waals surface area contributed by atoms with Gasteiger partial charge in [0.2, 0.25) is 5.91 Å². The van der Waals surface area contributed by atoms with Gasteiger partial charge in [0.05, 0.1) is 12.1 Å². The third kappa shape index (κ3) is 3.49. The van der Waals surface area contributed by atoms with E-state index in [9.17, 15) is 4.79 Å². The van der Waals surface area contributed by atoms with Crippen LogP contribution in [0.1, 0.15) is 53.9 Å². The van der Waals surface area contributed by atoms with Crippen molar-refractivity contribution in [3.63, 3.8) is 0 Å². The van der Waals surface area contributed by atoms with Crippen molar-refractivity contribution in [2.24, 2.45) is 5.41 Å². The van der Waals surface area contributed by atoms with Crippen LogP contribution < -0.4 is 5.32 Å². The van der Waals surface area contributed by atoms with Crippen molar-refractivity contribution in [3.8, 4) is 0 Å². The van der Waals surface area contributed by atoms with Crippen LogP contribution in [0.25, 0.3) is 0 Å². The molecule has 0 aromatic heterocycles. The van der Waals surface area contributed by atoms with Crippen LogP contribution in [0.3, 0.4) is 0 Å². The van der Waals surface area contributed by atoms with Crippen LogP contribution in [0.4, 0.5) is 0 Å². The van der Waals surface area contributed by atoms with E-state index in [1.807, 2.05) is 34.6 Å². The highest BCUT2D eigenvalue weighted by atomic mass is 16.3. The molecule has 0 aromatic rings. The quantitative estimate of drug-likeness (QED) is 0.713. The number of aliphatic hydroxyl groups is 1. The van der Waals surface area contributed by atoms with Gasteiger partial charge in [-0.25, -0.2) is 0 Å². The maximum atomic E-state index is 12.1. The molecule has 0 spiro atoms. The molecule has 0 fully saturated rings. The Kier molecular flexibility index (Phi) is 5.29. The Balaban J connectivity index is 4.67. The zero-order valence-electron chi connectivity index (χ0n) is 10.7. The Morgan fingerprint density at radius 2 is 1.53 bits per heavy atom. The lowest BCUT2D eigenvalue weighted by Gasteiger charge is -2.34. The van der Waals surface area contributed by atoms with Crippen molar-refractivity contribution in [2.45, 2.75) is 59.4 Å². The van der Waals surface area contributed by atoms with Gasteiger partial charge in [-0.1, -0.05) is 20.8 Å². The summed E-state index contributed by atoms with van der Waals surface area (Å²) in [6.45, 7) is 9.74. The van der Waals surface area contributed by atoms with Crippen LogP contribution in [0, 0.1) is 5.41 Å². The molecule has 1 amide bonds. The number of hydrogen-bond donors (Lipinski definition) is 2. The van der Waals surface area contributed by atoms with E-state index in [1.165, 1.54) is 0 Å². The third-order valence-electron chi connectivity index (χ3n) is 3.36. The highest BCUT2D eigenvalue weighted by molar-refractivity contribution is 5.83. The van der Waals surface area contributed by atoms with Crippen LogP contribution in [0.2, 0.25) is 0 Å². The fourth-order valence-corrected chi connectivity index (χ4v) is 1.71. The Labute approximate surface area is 93.3 Å². The first kappa shape index (κ1) is 14.4. The zero-order chi connectivity index (χ0) is 12.1. The maximum Gasteiger partial charge on any atom is 0.226 e. The molecule has 0 bridgehead atoms. The monoisotopic (exact) mass is 215 g/mol. The molecule has 0 radical (unpaired) electrons. The lowest BCUT2D eigenvalue weighted by molar-refractivity contribution is -0.134. The fourth-order valence-electron chi connectivity index (χ4n) is 1.71. The van der Waals surface area contributed by atoms with Crippen molar-refractivity contribution in [1.29, 1.82) is 0 Å². The van der Waals surface area contributed by atoms with E-state index < -0.39 is 5.54 Å². The molecular weight excluding hydrogens is 190 g/mol. The molecule has 0 aliphatic carbocycles. The van der Waals surface area contributed by atoms with E-state index in [1.54, 1.807) is 0 Å². The average molecular weight is 215 g/mol. The number of aliphatic hydroxyl groups excluding tert-OH is 1. The van der Waals surface area contributed by atoms with Crippen LogP contribution in [0.5, 0.6) is 0 Å².